The molecule has 1 atom stereocenters. The lowest BCUT2D eigenvalue weighted by molar-refractivity contribution is 0.0889. The van der Waals surface area contributed by atoms with E-state index in [1.807, 2.05) is 30.3 Å². The summed E-state index contributed by atoms with van der Waals surface area (Å²) in [5.41, 5.74) is 2.04. The van der Waals surface area contributed by atoms with E-state index < -0.39 is 11.9 Å². The van der Waals surface area contributed by atoms with Crippen LogP contribution in [0.1, 0.15) is 22.2 Å². The first-order valence-corrected chi connectivity index (χ1v) is 7.49. The van der Waals surface area contributed by atoms with Gasteiger partial charge < -0.3 is 14.8 Å². The molecule has 0 saturated heterocycles. The van der Waals surface area contributed by atoms with Crippen molar-refractivity contribution in [3.8, 4) is 11.1 Å². The van der Waals surface area contributed by atoms with E-state index in [1.54, 1.807) is 18.2 Å². The van der Waals surface area contributed by atoms with E-state index in [9.17, 15) is 14.3 Å². The topological polar surface area (TPSA) is 62.5 Å². The van der Waals surface area contributed by atoms with Crippen LogP contribution in [0.2, 0.25) is 0 Å². The Morgan fingerprint density at radius 1 is 1.08 bits per heavy atom. The fourth-order valence-corrected chi connectivity index (χ4v) is 2.49. The summed E-state index contributed by atoms with van der Waals surface area (Å²) in [7, 11) is 0. The Kier molecular flexibility index (Phi) is 4.72. The summed E-state index contributed by atoms with van der Waals surface area (Å²) in [5.74, 6) is -0.670. The largest absolute Gasteiger partial charge is 0.459 e. The van der Waals surface area contributed by atoms with Gasteiger partial charge in [-0.25, -0.2) is 4.39 Å². The van der Waals surface area contributed by atoms with Gasteiger partial charge in [0.15, 0.2) is 5.76 Å². The van der Waals surface area contributed by atoms with Crippen molar-refractivity contribution < 1.29 is 18.7 Å². The second kappa shape index (κ2) is 7.10. The number of benzene rings is 2. The average molecular weight is 325 g/mol. The number of rotatable bonds is 5. The maximum absolute atomic E-state index is 13.1. The number of nitrogens with one attached hydrogen (secondary N) is 1. The molecule has 0 fully saturated rings. The van der Waals surface area contributed by atoms with E-state index in [0.717, 1.165) is 5.56 Å². The Morgan fingerprint density at radius 2 is 1.79 bits per heavy atom. The van der Waals surface area contributed by atoms with Crippen molar-refractivity contribution in [2.45, 2.75) is 6.04 Å². The summed E-state index contributed by atoms with van der Waals surface area (Å²) < 4.78 is 18.4. The number of carbonyl (C=O) groups excluding carboxylic acids is 1. The number of hydrogen-bond acceptors (Lipinski definition) is 3. The van der Waals surface area contributed by atoms with Gasteiger partial charge in [-0.15, -0.1) is 0 Å². The highest BCUT2D eigenvalue weighted by molar-refractivity contribution is 5.98. The molecule has 4 nitrogen and oxygen atoms in total. The zero-order valence-electron chi connectivity index (χ0n) is 12.8. The third-order valence-corrected chi connectivity index (χ3v) is 3.72. The van der Waals surface area contributed by atoms with Crippen molar-refractivity contribution in [2.75, 3.05) is 6.61 Å². The second-order valence-electron chi connectivity index (χ2n) is 5.29. The Bertz CT molecular complexity index is 812. The Morgan fingerprint density at radius 3 is 2.46 bits per heavy atom. The van der Waals surface area contributed by atoms with Gasteiger partial charge in [0.2, 0.25) is 0 Å². The minimum Gasteiger partial charge on any atom is -0.459 e. The fourth-order valence-electron chi connectivity index (χ4n) is 2.49. The molecule has 0 saturated carbocycles. The first kappa shape index (κ1) is 16.0. The third-order valence-electron chi connectivity index (χ3n) is 3.72. The van der Waals surface area contributed by atoms with E-state index in [-0.39, 0.29) is 18.2 Å². The van der Waals surface area contributed by atoms with Gasteiger partial charge in [-0.2, -0.15) is 0 Å². The molecule has 0 unspecified atom stereocenters. The summed E-state index contributed by atoms with van der Waals surface area (Å²) >= 11 is 0. The molecule has 0 aliphatic carbocycles. The number of halogens is 1. The quantitative estimate of drug-likeness (QED) is 0.754. The van der Waals surface area contributed by atoms with Crippen molar-refractivity contribution in [1.82, 2.24) is 5.32 Å². The van der Waals surface area contributed by atoms with Crippen LogP contribution in [0.25, 0.3) is 11.1 Å². The molecule has 0 spiro atoms. The predicted molar refractivity (Wildman–Crippen MR) is 87.8 cm³/mol. The van der Waals surface area contributed by atoms with Crippen molar-refractivity contribution >= 4 is 5.91 Å². The van der Waals surface area contributed by atoms with Crippen LogP contribution >= 0.6 is 0 Å². The van der Waals surface area contributed by atoms with Crippen LogP contribution in [-0.2, 0) is 0 Å². The molecular weight excluding hydrogens is 309 g/mol. The normalized spacial score (nSPS) is 11.9. The molecule has 24 heavy (non-hydrogen) atoms. The van der Waals surface area contributed by atoms with Gasteiger partial charge in [0.25, 0.3) is 5.91 Å². The number of amides is 1. The average Bonchev–Trinajstić information content (AvgIpc) is 3.10. The van der Waals surface area contributed by atoms with Gasteiger partial charge in [0.05, 0.1) is 18.9 Å². The molecule has 0 aliphatic heterocycles. The minimum atomic E-state index is -0.537. The van der Waals surface area contributed by atoms with Gasteiger partial charge in [-0.05, 0) is 29.3 Å². The monoisotopic (exact) mass is 325 g/mol. The summed E-state index contributed by atoms with van der Waals surface area (Å²) in [6, 6.07) is 16.1. The minimum absolute atomic E-state index is 0.121. The van der Waals surface area contributed by atoms with Crippen LogP contribution in [0.3, 0.4) is 0 Å². The van der Waals surface area contributed by atoms with E-state index in [1.165, 1.54) is 18.4 Å². The molecule has 122 valence electrons. The smallest absolute Gasteiger partial charge is 0.288 e. The molecule has 3 rings (SSSR count). The van der Waals surface area contributed by atoms with Crippen molar-refractivity contribution in [3.05, 3.63) is 84.1 Å². The summed E-state index contributed by atoms with van der Waals surface area (Å²) in [5, 5.41) is 12.3. The molecule has 0 radical (unpaired) electrons. The van der Waals surface area contributed by atoms with E-state index in [2.05, 4.69) is 5.32 Å². The lowest BCUT2D eigenvalue weighted by Crippen LogP contribution is -2.30. The summed E-state index contributed by atoms with van der Waals surface area (Å²) in [4.78, 5) is 12.5. The second-order valence-corrected chi connectivity index (χ2v) is 5.29. The molecule has 1 aromatic heterocycles. The maximum Gasteiger partial charge on any atom is 0.288 e. The zero-order chi connectivity index (χ0) is 16.9. The fraction of sp³-hybridized carbons (Fsp3) is 0.105. The third kappa shape index (κ3) is 3.36. The number of aliphatic hydroxyl groups is 1. The molecule has 2 aromatic carbocycles. The van der Waals surface area contributed by atoms with Gasteiger partial charge in [-0.1, -0.05) is 42.5 Å². The van der Waals surface area contributed by atoms with Gasteiger partial charge in [0, 0.05) is 5.56 Å². The van der Waals surface area contributed by atoms with Gasteiger partial charge in [0.1, 0.15) is 5.82 Å². The molecular formula is C19H16FNO3. The first-order valence-electron chi connectivity index (χ1n) is 7.49. The highest BCUT2D eigenvalue weighted by atomic mass is 19.1. The number of hydrogen-bond donors (Lipinski definition) is 2. The standard InChI is InChI=1S/C19H16FNO3/c20-15-8-6-13(7-9-15)16-10-11-24-18(16)19(23)21-17(12-22)14-4-2-1-3-5-14/h1-11,17,22H,12H2,(H,21,23)/t17-/m1/s1. The molecule has 2 N–H and O–H groups in total. The van der Waals surface area contributed by atoms with Crippen LogP contribution < -0.4 is 5.32 Å². The number of carbonyl (C=O) groups is 1. The van der Waals surface area contributed by atoms with E-state index in [0.29, 0.717) is 11.1 Å². The van der Waals surface area contributed by atoms with Crippen molar-refractivity contribution in [3.63, 3.8) is 0 Å². The highest BCUT2D eigenvalue weighted by Gasteiger charge is 2.20. The van der Waals surface area contributed by atoms with Crippen LogP contribution in [-0.4, -0.2) is 17.6 Å². The molecule has 5 heteroatoms. The Labute approximate surface area is 138 Å². The van der Waals surface area contributed by atoms with Gasteiger partial charge >= 0.3 is 0 Å². The van der Waals surface area contributed by atoms with Crippen molar-refractivity contribution in [2.24, 2.45) is 0 Å². The lowest BCUT2D eigenvalue weighted by Gasteiger charge is -2.16. The SMILES string of the molecule is O=C(N[C@H](CO)c1ccccc1)c1occc1-c1ccc(F)cc1. The van der Waals surface area contributed by atoms with Crippen LogP contribution in [0.4, 0.5) is 4.39 Å². The van der Waals surface area contributed by atoms with Crippen LogP contribution in [0.15, 0.2) is 71.3 Å². The number of furan rings is 1. The number of aliphatic hydroxyl groups excluding tert-OH is 1. The first-order chi connectivity index (χ1) is 11.7. The summed E-state index contributed by atoms with van der Waals surface area (Å²) in [6.07, 6.45) is 1.41. The van der Waals surface area contributed by atoms with Gasteiger partial charge in [-0.3, -0.25) is 4.79 Å². The lowest BCUT2D eigenvalue weighted by atomic mass is 10.0. The van der Waals surface area contributed by atoms with Crippen LogP contribution in [0.5, 0.6) is 0 Å². The maximum atomic E-state index is 13.1. The predicted octanol–water partition coefficient (Wildman–Crippen LogP) is 3.55. The molecule has 0 aliphatic rings. The molecule has 0 bridgehead atoms. The summed E-state index contributed by atoms with van der Waals surface area (Å²) in [6.45, 7) is -0.234. The highest BCUT2D eigenvalue weighted by Crippen LogP contribution is 2.26. The Balaban J connectivity index is 1.83. The molecule has 3 aromatic rings. The molecule has 1 amide bonds. The van der Waals surface area contributed by atoms with Crippen molar-refractivity contribution in [1.29, 1.82) is 0 Å². The van der Waals surface area contributed by atoms with Crippen LogP contribution in [0, 0.1) is 5.82 Å². The van der Waals surface area contributed by atoms with E-state index >= 15 is 0 Å². The zero-order valence-corrected chi connectivity index (χ0v) is 12.8. The van der Waals surface area contributed by atoms with E-state index in [4.69, 9.17) is 4.42 Å². The Hall–Kier alpha value is -2.92. The molecule has 1 heterocycles.